The smallest absolute Gasteiger partial charge is 0.222 e. The van der Waals surface area contributed by atoms with E-state index in [9.17, 15) is 4.79 Å². The van der Waals surface area contributed by atoms with Crippen molar-refractivity contribution in [2.45, 2.75) is 64.7 Å². The monoisotopic (exact) mass is 226 g/mol. The van der Waals surface area contributed by atoms with E-state index in [1.54, 1.807) is 4.90 Å². The maximum atomic E-state index is 11.5. The van der Waals surface area contributed by atoms with Gasteiger partial charge in [0.1, 0.15) is 0 Å². The Bertz CT molecular complexity index is 168. The Morgan fingerprint density at radius 3 is 2.00 bits per heavy atom. The van der Waals surface area contributed by atoms with E-state index in [2.05, 4.69) is 6.92 Å². The van der Waals surface area contributed by atoms with Gasteiger partial charge in [-0.1, -0.05) is 51.9 Å². The molecule has 95 valence electrons. The molecular formula is C14H28NO. The number of unbranched alkanes of at least 4 members (excludes halogenated alkanes) is 7. The number of hydrogen-bond donors (Lipinski definition) is 0. The number of carbonyl (C=O) groups is 1. The van der Waals surface area contributed by atoms with Crippen molar-refractivity contribution in [3.8, 4) is 0 Å². The third-order valence-electron chi connectivity index (χ3n) is 3.04. The lowest BCUT2D eigenvalue weighted by atomic mass is 10.1. The van der Waals surface area contributed by atoms with Gasteiger partial charge < -0.3 is 4.90 Å². The van der Waals surface area contributed by atoms with Crippen molar-refractivity contribution in [1.82, 2.24) is 4.90 Å². The second kappa shape index (κ2) is 11.0. The van der Waals surface area contributed by atoms with E-state index < -0.39 is 0 Å². The molecule has 0 atom stereocenters. The van der Waals surface area contributed by atoms with Gasteiger partial charge in [0.25, 0.3) is 0 Å². The zero-order valence-electron chi connectivity index (χ0n) is 11.1. The molecule has 0 heterocycles. The Labute approximate surface area is 101 Å². The number of hydrogen-bond acceptors (Lipinski definition) is 1. The molecule has 0 aromatic heterocycles. The molecule has 2 heteroatoms. The molecule has 16 heavy (non-hydrogen) atoms. The average Bonchev–Trinajstić information content (AvgIpc) is 2.31. The molecule has 0 saturated carbocycles. The quantitative estimate of drug-likeness (QED) is 0.519. The summed E-state index contributed by atoms with van der Waals surface area (Å²) in [5, 5.41) is 0. The summed E-state index contributed by atoms with van der Waals surface area (Å²) in [5.74, 6) is 0.291. The summed E-state index contributed by atoms with van der Waals surface area (Å²) in [5.41, 5.74) is 0. The van der Waals surface area contributed by atoms with Crippen LogP contribution in [0.25, 0.3) is 0 Å². The van der Waals surface area contributed by atoms with Crippen LogP contribution in [0.2, 0.25) is 0 Å². The second-order valence-corrected chi connectivity index (χ2v) is 4.49. The maximum Gasteiger partial charge on any atom is 0.222 e. The Morgan fingerprint density at radius 1 is 1.00 bits per heavy atom. The van der Waals surface area contributed by atoms with Gasteiger partial charge in [-0.05, 0) is 13.3 Å². The first-order valence-electron chi connectivity index (χ1n) is 6.75. The summed E-state index contributed by atoms with van der Waals surface area (Å²) in [6, 6.07) is 0. The van der Waals surface area contributed by atoms with Gasteiger partial charge in [0.05, 0.1) is 0 Å². The zero-order chi connectivity index (χ0) is 12.2. The number of carbonyl (C=O) groups excluding carboxylic acids is 1. The topological polar surface area (TPSA) is 20.3 Å². The van der Waals surface area contributed by atoms with E-state index in [0.717, 1.165) is 25.8 Å². The number of nitrogens with zero attached hydrogens (tertiary/aromatic N) is 1. The molecule has 0 rings (SSSR count). The SMILES string of the molecule is [CH2]CCCCCCCCCC(=O)N(C)CC. The Balaban J connectivity index is 3.18. The lowest BCUT2D eigenvalue weighted by molar-refractivity contribution is -0.129. The standard InChI is InChI=1S/C14H28NO/c1-4-6-7-8-9-10-11-12-13-14(16)15(3)5-2/h1,4-13H2,2-3H3. The van der Waals surface area contributed by atoms with Crippen LogP contribution >= 0.6 is 0 Å². The molecule has 2 nitrogen and oxygen atoms in total. The van der Waals surface area contributed by atoms with E-state index in [1.807, 2.05) is 14.0 Å². The minimum absolute atomic E-state index is 0.291. The van der Waals surface area contributed by atoms with E-state index in [1.165, 1.54) is 38.5 Å². The Kier molecular flexibility index (Phi) is 10.6. The van der Waals surface area contributed by atoms with Crippen LogP contribution in [-0.2, 0) is 4.79 Å². The molecule has 0 unspecified atom stereocenters. The van der Waals surface area contributed by atoms with Gasteiger partial charge in [0, 0.05) is 20.0 Å². The summed E-state index contributed by atoms with van der Waals surface area (Å²) in [6.07, 6.45) is 10.6. The first kappa shape index (κ1) is 15.5. The molecule has 0 aliphatic heterocycles. The van der Waals surface area contributed by atoms with Crippen molar-refractivity contribution in [3.05, 3.63) is 6.92 Å². The molecule has 0 aromatic carbocycles. The zero-order valence-corrected chi connectivity index (χ0v) is 11.1. The van der Waals surface area contributed by atoms with Crippen molar-refractivity contribution < 1.29 is 4.79 Å². The first-order chi connectivity index (χ1) is 7.72. The molecule has 0 spiro atoms. The summed E-state index contributed by atoms with van der Waals surface area (Å²) < 4.78 is 0. The highest BCUT2D eigenvalue weighted by Crippen LogP contribution is 2.09. The van der Waals surface area contributed by atoms with E-state index >= 15 is 0 Å². The van der Waals surface area contributed by atoms with Gasteiger partial charge >= 0.3 is 0 Å². The van der Waals surface area contributed by atoms with Gasteiger partial charge in [0.15, 0.2) is 0 Å². The molecule has 1 amide bonds. The minimum Gasteiger partial charge on any atom is -0.346 e. The highest BCUT2D eigenvalue weighted by molar-refractivity contribution is 5.75. The first-order valence-corrected chi connectivity index (χ1v) is 6.75. The summed E-state index contributed by atoms with van der Waals surface area (Å²) in [4.78, 5) is 13.3. The molecule has 1 radical (unpaired) electrons. The largest absolute Gasteiger partial charge is 0.346 e. The third-order valence-corrected chi connectivity index (χ3v) is 3.04. The Morgan fingerprint density at radius 2 is 1.50 bits per heavy atom. The molecule has 0 fully saturated rings. The highest BCUT2D eigenvalue weighted by Gasteiger charge is 2.04. The molecule has 0 aliphatic rings. The third kappa shape index (κ3) is 8.75. The second-order valence-electron chi connectivity index (χ2n) is 4.49. The van der Waals surface area contributed by atoms with Crippen LogP contribution in [0.4, 0.5) is 0 Å². The molecule has 0 aromatic rings. The van der Waals surface area contributed by atoms with Crippen LogP contribution in [-0.4, -0.2) is 24.4 Å². The summed E-state index contributed by atoms with van der Waals surface area (Å²) >= 11 is 0. The number of amides is 1. The van der Waals surface area contributed by atoms with Gasteiger partial charge in [-0.25, -0.2) is 0 Å². The van der Waals surface area contributed by atoms with Gasteiger partial charge in [-0.3, -0.25) is 4.79 Å². The van der Waals surface area contributed by atoms with E-state index in [4.69, 9.17) is 0 Å². The predicted molar refractivity (Wildman–Crippen MR) is 70.2 cm³/mol. The van der Waals surface area contributed by atoms with Crippen molar-refractivity contribution in [2.75, 3.05) is 13.6 Å². The fourth-order valence-electron chi connectivity index (χ4n) is 1.70. The molecule has 0 aliphatic carbocycles. The van der Waals surface area contributed by atoms with Gasteiger partial charge in [0.2, 0.25) is 5.91 Å². The highest BCUT2D eigenvalue weighted by atomic mass is 16.2. The Hall–Kier alpha value is -0.530. The predicted octanol–water partition coefficient (Wildman–Crippen LogP) is 3.81. The van der Waals surface area contributed by atoms with Crippen LogP contribution in [0.1, 0.15) is 64.7 Å². The molecule has 0 N–H and O–H groups in total. The molecular weight excluding hydrogens is 198 g/mol. The van der Waals surface area contributed by atoms with Crippen LogP contribution < -0.4 is 0 Å². The molecule has 0 saturated heterocycles. The summed E-state index contributed by atoms with van der Waals surface area (Å²) in [6.45, 7) is 6.67. The number of rotatable bonds is 10. The van der Waals surface area contributed by atoms with Crippen LogP contribution in [0.5, 0.6) is 0 Å². The van der Waals surface area contributed by atoms with Crippen molar-refractivity contribution in [2.24, 2.45) is 0 Å². The van der Waals surface area contributed by atoms with Crippen LogP contribution in [0.3, 0.4) is 0 Å². The van der Waals surface area contributed by atoms with Gasteiger partial charge in [-0.2, -0.15) is 0 Å². The summed E-state index contributed by atoms with van der Waals surface area (Å²) in [7, 11) is 1.88. The lowest BCUT2D eigenvalue weighted by Gasteiger charge is -2.13. The maximum absolute atomic E-state index is 11.5. The van der Waals surface area contributed by atoms with E-state index in [0.29, 0.717) is 5.91 Å². The average molecular weight is 226 g/mol. The van der Waals surface area contributed by atoms with Crippen molar-refractivity contribution >= 4 is 5.91 Å². The molecule has 0 bridgehead atoms. The normalized spacial score (nSPS) is 10.4. The fraction of sp³-hybridized carbons (Fsp3) is 0.857. The van der Waals surface area contributed by atoms with Crippen molar-refractivity contribution in [1.29, 1.82) is 0 Å². The van der Waals surface area contributed by atoms with Gasteiger partial charge in [-0.15, -0.1) is 0 Å². The van der Waals surface area contributed by atoms with Crippen LogP contribution in [0, 0.1) is 6.92 Å². The van der Waals surface area contributed by atoms with Crippen molar-refractivity contribution in [3.63, 3.8) is 0 Å². The van der Waals surface area contributed by atoms with E-state index in [-0.39, 0.29) is 0 Å². The lowest BCUT2D eigenvalue weighted by Crippen LogP contribution is -2.25. The minimum atomic E-state index is 0.291. The van der Waals surface area contributed by atoms with Crippen LogP contribution in [0.15, 0.2) is 0 Å². The fourth-order valence-corrected chi connectivity index (χ4v) is 1.70.